The number of rotatable bonds is 7. The molecule has 0 unspecified atom stereocenters. The third-order valence-corrected chi connectivity index (χ3v) is 8.07. The maximum atomic E-state index is 13.8. The molecule has 0 radical (unpaired) electrons. The Morgan fingerprint density at radius 3 is 2.67 bits per heavy atom. The molecule has 0 aliphatic carbocycles. The van der Waals surface area contributed by atoms with Crippen molar-refractivity contribution in [2.45, 2.75) is 57.2 Å². The Bertz CT molecular complexity index is 1290. The van der Waals surface area contributed by atoms with E-state index < -0.39 is 24.6 Å². The van der Waals surface area contributed by atoms with Gasteiger partial charge in [0.05, 0.1) is 6.04 Å². The normalized spacial score (nSPS) is 21.2. The fourth-order valence-electron chi connectivity index (χ4n) is 5.83. The van der Waals surface area contributed by atoms with Crippen LogP contribution >= 0.6 is 11.6 Å². The Morgan fingerprint density at radius 2 is 1.97 bits per heavy atom. The number of hydrogen-bond donors (Lipinski definition) is 1. The first kappa shape index (κ1) is 27.1. The summed E-state index contributed by atoms with van der Waals surface area (Å²) >= 11 is 6.58. The minimum absolute atomic E-state index is 0.0192. The number of carboxylic acid groups (broad SMARTS) is 1. The highest BCUT2D eigenvalue weighted by molar-refractivity contribution is 6.31. The van der Waals surface area contributed by atoms with Gasteiger partial charge in [-0.25, -0.2) is 18.3 Å². The molecule has 5 rings (SSSR count). The van der Waals surface area contributed by atoms with Crippen LogP contribution in [0.1, 0.15) is 60.7 Å². The van der Waals surface area contributed by atoms with E-state index in [2.05, 4.69) is 10.3 Å². The van der Waals surface area contributed by atoms with Crippen molar-refractivity contribution in [2.75, 3.05) is 26.2 Å². The first-order valence-electron chi connectivity index (χ1n) is 12.9. The highest BCUT2D eigenvalue weighted by Crippen LogP contribution is 2.42. The lowest BCUT2D eigenvalue weighted by Crippen LogP contribution is -2.52. The van der Waals surface area contributed by atoms with Crippen molar-refractivity contribution in [1.82, 2.24) is 29.7 Å². The summed E-state index contributed by atoms with van der Waals surface area (Å²) in [4.78, 5) is 42.7. The van der Waals surface area contributed by atoms with Crippen molar-refractivity contribution >= 4 is 29.5 Å². The SMILES string of the molecule is Cn1nnc(COc2ccc(Cl)c3c2[C@@H](CN2CCCC2=O)N(C(=O)[C@@H]2CCCN2C(=O)O)CC3)c1C(F)F. The van der Waals surface area contributed by atoms with Crippen molar-refractivity contribution < 1.29 is 33.0 Å². The maximum Gasteiger partial charge on any atom is 0.407 e. The minimum atomic E-state index is -2.80. The number of carbonyl (C=O) groups is 3. The fourth-order valence-corrected chi connectivity index (χ4v) is 6.09. The van der Waals surface area contributed by atoms with E-state index in [1.54, 1.807) is 21.9 Å². The molecule has 2 atom stereocenters. The van der Waals surface area contributed by atoms with Crippen molar-refractivity contribution in [2.24, 2.45) is 7.05 Å². The Labute approximate surface area is 228 Å². The van der Waals surface area contributed by atoms with Crippen LogP contribution in [0.3, 0.4) is 0 Å². The monoisotopic (exact) mass is 566 g/mol. The minimum Gasteiger partial charge on any atom is -0.487 e. The first-order valence-corrected chi connectivity index (χ1v) is 13.2. The average molecular weight is 567 g/mol. The summed E-state index contributed by atoms with van der Waals surface area (Å²) < 4.78 is 34.2. The highest BCUT2D eigenvalue weighted by atomic mass is 35.5. The lowest BCUT2D eigenvalue weighted by molar-refractivity contribution is -0.140. The van der Waals surface area contributed by atoms with Crippen LogP contribution in [0.4, 0.5) is 13.6 Å². The molecule has 3 aliphatic rings. The summed E-state index contributed by atoms with van der Waals surface area (Å²) in [6.07, 6.45) is -1.48. The number of carbonyl (C=O) groups excluding carboxylic acids is 2. The van der Waals surface area contributed by atoms with Gasteiger partial charge in [0.2, 0.25) is 11.8 Å². The molecule has 3 amide bonds. The highest BCUT2D eigenvalue weighted by Gasteiger charge is 2.43. The van der Waals surface area contributed by atoms with E-state index in [9.17, 15) is 28.3 Å². The van der Waals surface area contributed by atoms with E-state index in [1.807, 2.05) is 0 Å². The third kappa shape index (κ3) is 5.11. The van der Waals surface area contributed by atoms with Gasteiger partial charge in [0.25, 0.3) is 6.43 Å². The van der Waals surface area contributed by atoms with Crippen molar-refractivity contribution in [3.05, 3.63) is 39.7 Å². The van der Waals surface area contributed by atoms with Gasteiger partial charge in [-0.05, 0) is 43.4 Å². The number of benzene rings is 1. The molecule has 0 saturated carbocycles. The molecule has 0 bridgehead atoms. The van der Waals surface area contributed by atoms with E-state index in [-0.39, 0.29) is 49.4 Å². The molecule has 4 heterocycles. The zero-order valence-corrected chi connectivity index (χ0v) is 22.1. The van der Waals surface area contributed by atoms with Gasteiger partial charge in [0.15, 0.2) is 0 Å². The predicted molar refractivity (Wildman–Crippen MR) is 133 cm³/mol. The van der Waals surface area contributed by atoms with Gasteiger partial charge in [-0.15, -0.1) is 5.10 Å². The molecule has 11 nitrogen and oxygen atoms in total. The average Bonchev–Trinajstić information content (AvgIpc) is 3.64. The van der Waals surface area contributed by atoms with Gasteiger partial charge in [0, 0.05) is 50.2 Å². The largest absolute Gasteiger partial charge is 0.487 e. The Kier molecular flexibility index (Phi) is 7.61. The predicted octanol–water partition coefficient (Wildman–Crippen LogP) is 3.18. The number of likely N-dealkylation sites (tertiary alicyclic amines) is 2. The standard InChI is InChI=1S/C25H29ClF2N6O5/c1-31-22(23(27)28)16(29-30-31)13-39-19-7-6-15(26)14-8-11-33(24(36)17-4-2-10-34(17)25(37)38)18(21(14)19)12-32-9-3-5-20(32)35/h6-7,17-18,23H,2-5,8-13H2,1H3,(H,37,38)/t17-,18+/m0/s1. The molecule has 0 spiro atoms. The fraction of sp³-hybridized carbons (Fsp3) is 0.560. The van der Waals surface area contributed by atoms with Gasteiger partial charge in [0.1, 0.15) is 29.8 Å². The molecule has 3 aliphatic heterocycles. The van der Waals surface area contributed by atoms with E-state index in [0.717, 1.165) is 15.1 Å². The summed E-state index contributed by atoms with van der Waals surface area (Å²) in [6, 6.07) is 1.78. The summed E-state index contributed by atoms with van der Waals surface area (Å²) in [5.41, 5.74) is 0.951. The summed E-state index contributed by atoms with van der Waals surface area (Å²) in [5.74, 6) is -0.0406. The third-order valence-electron chi connectivity index (χ3n) is 7.72. The molecule has 2 aromatic rings. The van der Waals surface area contributed by atoms with Crippen LogP contribution in [0, 0.1) is 0 Å². The Hall–Kier alpha value is -3.48. The van der Waals surface area contributed by atoms with Crippen LogP contribution in [0.25, 0.3) is 0 Å². The van der Waals surface area contributed by atoms with Crippen molar-refractivity contribution in [1.29, 1.82) is 0 Å². The number of aryl methyl sites for hydroxylation is 1. The zero-order chi connectivity index (χ0) is 27.8. The lowest BCUT2D eigenvalue weighted by atomic mass is 9.90. The number of ether oxygens (including phenoxy) is 1. The summed E-state index contributed by atoms with van der Waals surface area (Å²) in [7, 11) is 1.37. The molecule has 2 fully saturated rings. The smallest absolute Gasteiger partial charge is 0.407 e. The molecular weight excluding hydrogens is 538 g/mol. The first-order chi connectivity index (χ1) is 18.7. The van der Waals surface area contributed by atoms with E-state index >= 15 is 0 Å². The Morgan fingerprint density at radius 1 is 1.18 bits per heavy atom. The molecule has 1 N–H and O–H groups in total. The lowest BCUT2D eigenvalue weighted by Gasteiger charge is -2.42. The quantitative estimate of drug-likeness (QED) is 0.546. The number of aromatic nitrogens is 3. The van der Waals surface area contributed by atoms with Crippen LogP contribution in [0.15, 0.2) is 12.1 Å². The second-order valence-electron chi connectivity index (χ2n) is 9.95. The van der Waals surface area contributed by atoms with E-state index in [4.69, 9.17) is 16.3 Å². The number of nitrogens with zero attached hydrogens (tertiary/aromatic N) is 6. The van der Waals surface area contributed by atoms with Crippen molar-refractivity contribution in [3.63, 3.8) is 0 Å². The summed E-state index contributed by atoms with van der Waals surface area (Å²) in [5, 5.41) is 17.6. The van der Waals surface area contributed by atoms with Gasteiger partial charge in [-0.3, -0.25) is 14.5 Å². The molecule has 210 valence electrons. The van der Waals surface area contributed by atoms with E-state index in [0.29, 0.717) is 55.0 Å². The van der Waals surface area contributed by atoms with Crippen LogP contribution in [-0.4, -0.2) is 84.9 Å². The summed E-state index contributed by atoms with van der Waals surface area (Å²) in [6.45, 7) is 0.981. The molecule has 14 heteroatoms. The second kappa shape index (κ2) is 10.9. The van der Waals surface area contributed by atoms with Gasteiger partial charge >= 0.3 is 6.09 Å². The van der Waals surface area contributed by atoms with Crippen LogP contribution in [0.5, 0.6) is 5.75 Å². The van der Waals surface area contributed by atoms with Crippen LogP contribution < -0.4 is 4.74 Å². The second-order valence-corrected chi connectivity index (χ2v) is 10.4. The van der Waals surface area contributed by atoms with Crippen LogP contribution in [0.2, 0.25) is 5.02 Å². The molecule has 1 aromatic heterocycles. The molecule has 2 saturated heterocycles. The number of halogens is 3. The van der Waals surface area contributed by atoms with Gasteiger partial charge < -0.3 is 19.6 Å². The van der Waals surface area contributed by atoms with Crippen molar-refractivity contribution in [3.8, 4) is 5.75 Å². The van der Waals surface area contributed by atoms with Crippen LogP contribution in [-0.2, 0) is 29.7 Å². The Balaban J connectivity index is 1.51. The number of fused-ring (bicyclic) bond motifs is 1. The van der Waals surface area contributed by atoms with Gasteiger partial charge in [-0.1, -0.05) is 16.8 Å². The maximum absolute atomic E-state index is 13.8. The zero-order valence-electron chi connectivity index (χ0n) is 21.4. The molecular formula is C25H29ClF2N6O5. The number of alkyl halides is 2. The molecule has 39 heavy (non-hydrogen) atoms. The number of amides is 3. The number of hydrogen-bond acceptors (Lipinski definition) is 6. The topological polar surface area (TPSA) is 121 Å². The molecule has 1 aromatic carbocycles. The van der Waals surface area contributed by atoms with E-state index in [1.165, 1.54) is 7.05 Å². The van der Waals surface area contributed by atoms with Gasteiger partial charge in [-0.2, -0.15) is 0 Å².